The van der Waals surface area contributed by atoms with Gasteiger partial charge in [-0.1, -0.05) is 6.92 Å². The Kier molecular flexibility index (Phi) is 3.21. The van der Waals surface area contributed by atoms with Crippen LogP contribution >= 0.6 is 0 Å². The molecule has 0 unspecified atom stereocenters. The van der Waals surface area contributed by atoms with Crippen molar-refractivity contribution in [3.05, 3.63) is 23.3 Å². The van der Waals surface area contributed by atoms with Crippen molar-refractivity contribution in [2.75, 3.05) is 25.9 Å². The topological polar surface area (TPSA) is 55.6 Å². The van der Waals surface area contributed by atoms with Crippen molar-refractivity contribution in [2.45, 2.75) is 38.2 Å². The van der Waals surface area contributed by atoms with E-state index in [1.54, 1.807) is 0 Å². The van der Waals surface area contributed by atoms with Gasteiger partial charge in [-0.25, -0.2) is 0 Å². The van der Waals surface area contributed by atoms with E-state index < -0.39 is 0 Å². The fourth-order valence-corrected chi connectivity index (χ4v) is 3.18. The minimum Gasteiger partial charge on any atom is -0.484 e. The van der Waals surface area contributed by atoms with E-state index >= 15 is 0 Å². The zero-order chi connectivity index (χ0) is 14.3. The first kappa shape index (κ1) is 13.4. The number of benzene rings is 1. The summed E-state index contributed by atoms with van der Waals surface area (Å²) >= 11 is 0. The number of nitrogen functional groups attached to an aromatic ring is 1. The number of rotatable bonds is 1. The largest absolute Gasteiger partial charge is 0.484 e. The molecule has 0 bridgehead atoms. The average molecular weight is 274 g/mol. The van der Waals surface area contributed by atoms with Gasteiger partial charge in [0.2, 0.25) is 0 Å². The summed E-state index contributed by atoms with van der Waals surface area (Å²) in [7, 11) is 2.10. The zero-order valence-electron chi connectivity index (χ0n) is 12.2. The second kappa shape index (κ2) is 4.77. The fraction of sp³-hybridized carbons (Fsp3) is 0.562. The summed E-state index contributed by atoms with van der Waals surface area (Å²) in [5.74, 6) is 0.792. The number of Topliss-reactive ketones (excluding diaryl/α,β-unsaturated/α-hetero) is 1. The first-order valence-electron chi connectivity index (χ1n) is 7.36. The quantitative estimate of drug-likeness (QED) is 0.798. The predicted octanol–water partition coefficient (Wildman–Crippen LogP) is 2.26. The van der Waals surface area contributed by atoms with E-state index in [1.165, 1.54) is 0 Å². The van der Waals surface area contributed by atoms with Gasteiger partial charge >= 0.3 is 0 Å². The molecule has 20 heavy (non-hydrogen) atoms. The summed E-state index contributed by atoms with van der Waals surface area (Å²) in [6.45, 7) is 4.00. The minimum atomic E-state index is -0.335. The second-order valence-electron chi connectivity index (χ2n) is 6.10. The Balaban J connectivity index is 1.97. The first-order valence-corrected chi connectivity index (χ1v) is 7.36. The lowest BCUT2D eigenvalue weighted by Crippen LogP contribution is -2.50. The molecular formula is C16H22N2O2. The number of piperidine rings is 1. The van der Waals surface area contributed by atoms with E-state index in [9.17, 15) is 4.79 Å². The van der Waals surface area contributed by atoms with Crippen LogP contribution in [0.3, 0.4) is 0 Å². The third-order valence-corrected chi connectivity index (χ3v) is 4.59. The van der Waals surface area contributed by atoms with Crippen LogP contribution < -0.4 is 10.5 Å². The zero-order valence-corrected chi connectivity index (χ0v) is 12.2. The number of ketones is 1. The fourth-order valence-electron chi connectivity index (χ4n) is 3.18. The highest BCUT2D eigenvalue weighted by molar-refractivity contribution is 6.02. The van der Waals surface area contributed by atoms with Crippen LogP contribution in [0, 0.1) is 0 Å². The number of hydrogen-bond acceptors (Lipinski definition) is 4. The maximum absolute atomic E-state index is 12.5. The number of fused-ring (bicyclic) bond motifs is 1. The third-order valence-electron chi connectivity index (χ3n) is 4.59. The van der Waals surface area contributed by atoms with Crippen molar-refractivity contribution in [1.82, 2.24) is 4.90 Å². The summed E-state index contributed by atoms with van der Waals surface area (Å²) in [5.41, 5.74) is 8.14. The molecule has 1 saturated heterocycles. The number of hydrogen-bond donors (Lipinski definition) is 1. The van der Waals surface area contributed by atoms with Crippen LogP contribution in [0.1, 0.15) is 42.1 Å². The molecule has 1 aromatic rings. The van der Waals surface area contributed by atoms with Crippen molar-refractivity contribution in [1.29, 1.82) is 0 Å². The molecule has 0 amide bonds. The molecule has 4 heteroatoms. The van der Waals surface area contributed by atoms with E-state index in [1.807, 2.05) is 12.1 Å². The lowest BCUT2D eigenvalue weighted by atomic mass is 9.82. The van der Waals surface area contributed by atoms with E-state index in [0.29, 0.717) is 23.4 Å². The van der Waals surface area contributed by atoms with Gasteiger partial charge in [-0.15, -0.1) is 0 Å². The van der Waals surface area contributed by atoms with E-state index in [0.717, 1.165) is 37.9 Å². The van der Waals surface area contributed by atoms with Crippen LogP contribution in [0.4, 0.5) is 5.69 Å². The Morgan fingerprint density at radius 3 is 2.70 bits per heavy atom. The Morgan fingerprint density at radius 2 is 2.05 bits per heavy atom. The van der Waals surface area contributed by atoms with Gasteiger partial charge in [0.25, 0.3) is 0 Å². The molecule has 2 N–H and O–H groups in total. The summed E-state index contributed by atoms with van der Waals surface area (Å²) < 4.78 is 6.24. The molecule has 0 aromatic heterocycles. The van der Waals surface area contributed by atoms with Gasteiger partial charge in [0.15, 0.2) is 11.5 Å². The van der Waals surface area contributed by atoms with E-state index in [2.05, 4.69) is 18.9 Å². The maximum atomic E-state index is 12.5. The SMILES string of the molecule is CCc1cc(N)c2c(c1)C(=O)CC1(CCN(C)CC1)O2. The maximum Gasteiger partial charge on any atom is 0.170 e. The molecule has 0 radical (unpaired) electrons. The average Bonchev–Trinajstić information content (AvgIpc) is 2.43. The smallest absolute Gasteiger partial charge is 0.170 e. The Bertz CT molecular complexity index is 546. The van der Waals surface area contributed by atoms with Crippen LogP contribution in [0.25, 0.3) is 0 Å². The second-order valence-corrected chi connectivity index (χ2v) is 6.10. The van der Waals surface area contributed by atoms with E-state index in [4.69, 9.17) is 10.5 Å². The lowest BCUT2D eigenvalue weighted by molar-refractivity contribution is -0.00313. The third kappa shape index (κ3) is 2.18. The Morgan fingerprint density at radius 1 is 1.35 bits per heavy atom. The summed E-state index contributed by atoms with van der Waals surface area (Å²) in [5, 5.41) is 0. The number of carbonyl (C=O) groups excluding carboxylic acids is 1. The molecule has 1 spiro atoms. The number of carbonyl (C=O) groups is 1. The highest BCUT2D eigenvalue weighted by Gasteiger charge is 2.43. The van der Waals surface area contributed by atoms with E-state index in [-0.39, 0.29) is 11.4 Å². The molecule has 0 saturated carbocycles. The molecule has 2 aliphatic rings. The van der Waals surface area contributed by atoms with Gasteiger partial charge in [0.1, 0.15) is 5.60 Å². The predicted molar refractivity (Wildman–Crippen MR) is 79.3 cm³/mol. The summed E-state index contributed by atoms with van der Waals surface area (Å²) in [6, 6.07) is 3.87. The highest BCUT2D eigenvalue weighted by Crippen LogP contribution is 2.42. The highest BCUT2D eigenvalue weighted by atomic mass is 16.5. The number of anilines is 1. The van der Waals surface area contributed by atoms with Crippen LogP contribution in [0.5, 0.6) is 5.75 Å². The van der Waals surface area contributed by atoms with Crippen molar-refractivity contribution in [3.8, 4) is 5.75 Å². The number of nitrogens with zero attached hydrogens (tertiary/aromatic N) is 1. The summed E-state index contributed by atoms with van der Waals surface area (Å²) in [4.78, 5) is 14.8. The molecule has 1 aromatic carbocycles. The van der Waals surface area contributed by atoms with Gasteiger partial charge in [-0.05, 0) is 31.2 Å². The van der Waals surface area contributed by atoms with Gasteiger partial charge in [-0.2, -0.15) is 0 Å². The van der Waals surface area contributed by atoms with Gasteiger partial charge < -0.3 is 15.4 Å². The minimum absolute atomic E-state index is 0.179. The van der Waals surface area contributed by atoms with Crippen molar-refractivity contribution in [3.63, 3.8) is 0 Å². The van der Waals surface area contributed by atoms with Crippen LogP contribution in [0.15, 0.2) is 12.1 Å². The van der Waals surface area contributed by atoms with Crippen LogP contribution in [-0.4, -0.2) is 36.4 Å². The number of likely N-dealkylation sites (tertiary alicyclic amines) is 1. The molecule has 3 rings (SSSR count). The molecule has 4 nitrogen and oxygen atoms in total. The molecule has 2 heterocycles. The lowest BCUT2D eigenvalue weighted by Gasteiger charge is -2.43. The molecule has 0 atom stereocenters. The Labute approximate surface area is 119 Å². The number of nitrogens with two attached hydrogens (primary N) is 1. The van der Waals surface area contributed by atoms with Gasteiger partial charge in [-0.3, -0.25) is 4.79 Å². The van der Waals surface area contributed by atoms with Crippen molar-refractivity contribution >= 4 is 11.5 Å². The molecule has 0 aliphatic carbocycles. The van der Waals surface area contributed by atoms with Crippen LogP contribution in [0.2, 0.25) is 0 Å². The summed E-state index contributed by atoms with van der Waals surface area (Å²) in [6.07, 6.45) is 3.15. The molecule has 2 aliphatic heterocycles. The van der Waals surface area contributed by atoms with Crippen molar-refractivity contribution < 1.29 is 9.53 Å². The normalized spacial score (nSPS) is 21.6. The molecule has 1 fully saturated rings. The van der Waals surface area contributed by atoms with Gasteiger partial charge in [0.05, 0.1) is 17.7 Å². The molecular weight excluding hydrogens is 252 g/mol. The first-order chi connectivity index (χ1) is 9.53. The Hall–Kier alpha value is -1.55. The number of aryl methyl sites for hydroxylation is 1. The van der Waals surface area contributed by atoms with Gasteiger partial charge in [0, 0.05) is 25.9 Å². The molecule has 108 valence electrons. The monoisotopic (exact) mass is 274 g/mol. The number of ether oxygens (including phenoxy) is 1. The van der Waals surface area contributed by atoms with Crippen molar-refractivity contribution in [2.24, 2.45) is 0 Å². The van der Waals surface area contributed by atoms with Crippen LogP contribution in [-0.2, 0) is 6.42 Å². The standard InChI is InChI=1S/C16H22N2O2/c1-3-11-8-12-14(19)10-16(4-6-18(2)7-5-16)20-15(12)13(17)9-11/h8-9H,3-7,10,17H2,1-2H3.